The van der Waals surface area contributed by atoms with Gasteiger partial charge in [-0.1, -0.05) is 18.2 Å². The Hall–Kier alpha value is -4.51. The zero-order valence-corrected chi connectivity index (χ0v) is 16.9. The summed E-state index contributed by atoms with van der Waals surface area (Å²) in [6.45, 7) is 1.88. The van der Waals surface area contributed by atoms with Gasteiger partial charge < -0.3 is 15.2 Å². The first-order valence-electron chi connectivity index (χ1n) is 9.67. The van der Waals surface area contributed by atoms with E-state index in [1.807, 2.05) is 13.0 Å². The summed E-state index contributed by atoms with van der Waals surface area (Å²) in [6, 6.07) is 17.3. The molecule has 4 aromatic rings. The van der Waals surface area contributed by atoms with Crippen LogP contribution < -0.4 is 10.1 Å². The standard InChI is InChI=1S/C24H17FN4O3/c1-14(15-5-7-16(8-6-15)24(30)31)28-22-21-17(11-19(13-26)29-22)9-10-27-23(21)32-20-4-2-3-18(25)12-20/h2-12,14H,1H3,(H,28,29)(H,30,31)/t14-/m0/s1. The summed E-state index contributed by atoms with van der Waals surface area (Å²) < 4.78 is 19.4. The Balaban J connectivity index is 1.75. The van der Waals surface area contributed by atoms with E-state index < -0.39 is 11.8 Å². The summed E-state index contributed by atoms with van der Waals surface area (Å²) >= 11 is 0. The van der Waals surface area contributed by atoms with Gasteiger partial charge in [0.2, 0.25) is 5.88 Å². The number of anilines is 1. The normalized spacial score (nSPS) is 11.5. The van der Waals surface area contributed by atoms with Gasteiger partial charge >= 0.3 is 5.97 Å². The van der Waals surface area contributed by atoms with Crippen LogP contribution in [0.15, 0.2) is 66.9 Å². The molecule has 2 aromatic heterocycles. The molecule has 4 rings (SSSR count). The highest BCUT2D eigenvalue weighted by Crippen LogP contribution is 2.34. The Morgan fingerprint density at radius 3 is 2.66 bits per heavy atom. The third kappa shape index (κ3) is 4.32. The van der Waals surface area contributed by atoms with Crippen molar-refractivity contribution in [3.8, 4) is 17.7 Å². The lowest BCUT2D eigenvalue weighted by atomic mass is 10.1. The Kier molecular flexibility index (Phi) is 5.64. The number of carboxylic acids is 1. The van der Waals surface area contributed by atoms with Crippen LogP contribution in [0.4, 0.5) is 10.2 Å². The summed E-state index contributed by atoms with van der Waals surface area (Å²) in [7, 11) is 0. The molecule has 2 N–H and O–H groups in total. The average Bonchev–Trinajstić information content (AvgIpc) is 2.79. The summed E-state index contributed by atoms with van der Waals surface area (Å²) in [4.78, 5) is 19.8. The maximum absolute atomic E-state index is 13.6. The van der Waals surface area contributed by atoms with Crippen LogP contribution in [-0.2, 0) is 0 Å². The molecule has 0 aliphatic rings. The minimum absolute atomic E-state index is 0.186. The molecule has 0 fully saturated rings. The number of hydrogen-bond donors (Lipinski definition) is 2. The van der Waals surface area contributed by atoms with Crippen LogP contribution in [0.5, 0.6) is 11.6 Å². The van der Waals surface area contributed by atoms with E-state index >= 15 is 0 Å². The number of halogens is 1. The van der Waals surface area contributed by atoms with Gasteiger partial charge in [-0.05, 0) is 54.3 Å². The molecular formula is C24H17FN4O3. The molecule has 7 nitrogen and oxygen atoms in total. The first-order valence-corrected chi connectivity index (χ1v) is 9.67. The number of ether oxygens (including phenoxy) is 1. The van der Waals surface area contributed by atoms with Crippen molar-refractivity contribution in [1.82, 2.24) is 9.97 Å². The predicted octanol–water partition coefficient (Wildman–Crippen LogP) is 5.30. The van der Waals surface area contributed by atoms with Crippen LogP contribution in [0.1, 0.15) is 34.6 Å². The second-order valence-electron chi connectivity index (χ2n) is 7.03. The van der Waals surface area contributed by atoms with Crippen molar-refractivity contribution in [2.75, 3.05) is 5.32 Å². The van der Waals surface area contributed by atoms with Crippen molar-refractivity contribution < 1.29 is 19.0 Å². The molecule has 0 spiro atoms. The molecule has 0 bridgehead atoms. The van der Waals surface area contributed by atoms with Gasteiger partial charge in [0.15, 0.2) is 0 Å². The fraction of sp³-hybridized carbons (Fsp3) is 0.0833. The maximum atomic E-state index is 13.6. The second kappa shape index (κ2) is 8.70. The van der Waals surface area contributed by atoms with Gasteiger partial charge in [-0.15, -0.1) is 0 Å². The number of rotatable bonds is 6. The highest BCUT2D eigenvalue weighted by Gasteiger charge is 2.16. The Labute approximate surface area is 182 Å². The van der Waals surface area contributed by atoms with Gasteiger partial charge in [0.1, 0.15) is 29.1 Å². The first-order chi connectivity index (χ1) is 15.4. The van der Waals surface area contributed by atoms with Crippen LogP contribution >= 0.6 is 0 Å². The molecule has 32 heavy (non-hydrogen) atoms. The fourth-order valence-electron chi connectivity index (χ4n) is 3.25. The summed E-state index contributed by atoms with van der Waals surface area (Å²) in [5.41, 5.74) is 1.21. The van der Waals surface area contributed by atoms with E-state index in [2.05, 4.69) is 15.3 Å². The molecule has 0 aliphatic heterocycles. The first kappa shape index (κ1) is 20.8. The fourth-order valence-corrected chi connectivity index (χ4v) is 3.25. The molecule has 8 heteroatoms. The van der Waals surface area contributed by atoms with Crippen LogP contribution in [-0.4, -0.2) is 21.0 Å². The molecule has 158 valence electrons. The number of benzene rings is 2. The minimum Gasteiger partial charge on any atom is -0.478 e. The number of pyridine rings is 2. The number of hydrogen-bond acceptors (Lipinski definition) is 6. The third-order valence-electron chi connectivity index (χ3n) is 4.85. The Morgan fingerprint density at radius 2 is 1.97 bits per heavy atom. The number of nitrogens with zero attached hydrogens (tertiary/aromatic N) is 3. The largest absolute Gasteiger partial charge is 0.478 e. The smallest absolute Gasteiger partial charge is 0.335 e. The topological polar surface area (TPSA) is 108 Å². The molecule has 0 saturated carbocycles. The average molecular weight is 428 g/mol. The van der Waals surface area contributed by atoms with Crippen molar-refractivity contribution in [3.05, 3.63) is 89.5 Å². The van der Waals surface area contributed by atoms with E-state index in [0.717, 1.165) is 5.56 Å². The van der Waals surface area contributed by atoms with Gasteiger partial charge in [-0.3, -0.25) is 0 Å². The molecule has 0 radical (unpaired) electrons. The maximum Gasteiger partial charge on any atom is 0.335 e. The lowest BCUT2D eigenvalue weighted by Gasteiger charge is -2.18. The number of nitrogens with one attached hydrogen (secondary N) is 1. The number of carboxylic acid groups (broad SMARTS) is 1. The van der Waals surface area contributed by atoms with Crippen molar-refractivity contribution in [2.24, 2.45) is 0 Å². The molecule has 2 aromatic carbocycles. The summed E-state index contributed by atoms with van der Waals surface area (Å²) in [5.74, 6) is -0.590. The van der Waals surface area contributed by atoms with Crippen molar-refractivity contribution in [3.63, 3.8) is 0 Å². The second-order valence-corrected chi connectivity index (χ2v) is 7.03. The molecule has 0 amide bonds. The quantitative estimate of drug-likeness (QED) is 0.429. The van der Waals surface area contributed by atoms with Crippen molar-refractivity contribution >= 4 is 22.6 Å². The number of aromatic carboxylic acids is 1. The van der Waals surface area contributed by atoms with Gasteiger partial charge in [-0.25, -0.2) is 19.2 Å². The summed E-state index contributed by atoms with van der Waals surface area (Å²) in [6.07, 6.45) is 1.54. The van der Waals surface area contributed by atoms with Crippen molar-refractivity contribution in [1.29, 1.82) is 5.26 Å². The molecule has 1 atom stereocenters. The van der Waals surface area contributed by atoms with Crippen LogP contribution in [0, 0.1) is 17.1 Å². The van der Waals surface area contributed by atoms with E-state index in [0.29, 0.717) is 16.6 Å². The van der Waals surface area contributed by atoms with Gasteiger partial charge in [-0.2, -0.15) is 5.26 Å². The van der Waals surface area contributed by atoms with E-state index in [4.69, 9.17) is 9.84 Å². The van der Waals surface area contributed by atoms with E-state index in [1.165, 1.54) is 36.5 Å². The van der Waals surface area contributed by atoms with E-state index in [1.54, 1.807) is 30.3 Å². The predicted molar refractivity (Wildman–Crippen MR) is 116 cm³/mol. The van der Waals surface area contributed by atoms with Crippen molar-refractivity contribution in [2.45, 2.75) is 13.0 Å². The highest BCUT2D eigenvalue weighted by molar-refractivity contribution is 5.96. The molecule has 0 unspecified atom stereocenters. The van der Waals surface area contributed by atoms with Gasteiger partial charge in [0, 0.05) is 18.3 Å². The monoisotopic (exact) mass is 428 g/mol. The van der Waals surface area contributed by atoms with Crippen LogP contribution in [0.3, 0.4) is 0 Å². The molecular weight excluding hydrogens is 411 g/mol. The zero-order valence-electron chi connectivity index (χ0n) is 16.9. The molecule has 0 saturated heterocycles. The Bertz CT molecular complexity index is 1350. The van der Waals surface area contributed by atoms with Crippen LogP contribution in [0.25, 0.3) is 10.8 Å². The highest BCUT2D eigenvalue weighted by atomic mass is 19.1. The number of carbonyl (C=O) groups is 1. The SMILES string of the molecule is C[C@H](Nc1nc(C#N)cc2ccnc(Oc3cccc(F)c3)c12)c1ccc(C(=O)O)cc1. The summed E-state index contributed by atoms with van der Waals surface area (Å²) in [5, 5.41) is 23.0. The Morgan fingerprint density at radius 1 is 1.19 bits per heavy atom. The molecule has 0 aliphatic carbocycles. The number of fused-ring (bicyclic) bond motifs is 1. The third-order valence-corrected chi connectivity index (χ3v) is 4.85. The lowest BCUT2D eigenvalue weighted by Crippen LogP contribution is -2.10. The molecule has 2 heterocycles. The number of aromatic nitrogens is 2. The van der Waals surface area contributed by atoms with E-state index in [9.17, 15) is 14.4 Å². The minimum atomic E-state index is -1.00. The van der Waals surface area contributed by atoms with E-state index in [-0.39, 0.29) is 28.9 Å². The number of nitriles is 1. The van der Waals surface area contributed by atoms with Gasteiger partial charge in [0.25, 0.3) is 0 Å². The lowest BCUT2D eigenvalue weighted by molar-refractivity contribution is 0.0697. The van der Waals surface area contributed by atoms with Gasteiger partial charge in [0.05, 0.1) is 10.9 Å². The van der Waals surface area contributed by atoms with Crippen LogP contribution in [0.2, 0.25) is 0 Å². The zero-order chi connectivity index (χ0) is 22.7.